The number of nitrogens with zero attached hydrogens (tertiary/aromatic N) is 1. The van der Waals surface area contributed by atoms with Crippen molar-refractivity contribution < 1.29 is 9.90 Å². The lowest BCUT2D eigenvalue weighted by Crippen LogP contribution is -2.25. The van der Waals surface area contributed by atoms with Gasteiger partial charge in [-0.15, -0.1) is 0 Å². The lowest BCUT2D eigenvalue weighted by Gasteiger charge is -2.18. The lowest BCUT2D eigenvalue weighted by atomic mass is 9.97. The fraction of sp³-hybridized carbons (Fsp3) is 0.444. The van der Waals surface area contributed by atoms with E-state index in [1.807, 2.05) is 12.2 Å². The smallest absolute Gasteiger partial charge is 0.411 e. The first-order valence-electron chi connectivity index (χ1n) is 4.16. The number of amides is 1. The molecule has 1 atom stereocenters. The van der Waals surface area contributed by atoms with Gasteiger partial charge in [0.05, 0.1) is 0 Å². The van der Waals surface area contributed by atoms with E-state index < -0.39 is 6.09 Å². The Morgan fingerprint density at radius 3 is 3.25 bits per heavy atom. The highest BCUT2D eigenvalue weighted by molar-refractivity contribution is 5.68. The van der Waals surface area contributed by atoms with Gasteiger partial charge in [-0.2, -0.15) is 0 Å². The molecule has 0 spiro atoms. The van der Waals surface area contributed by atoms with Gasteiger partial charge in [-0.1, -0.05) is 12.2 Å². The molecule has 0 aromatic carbocycles. The van der Waals surface area contributed by atoms with Crippen LogP contribution in [0.2, 0.25) is 0 Å². The summed E-state index contributed by atoms with van der Waals surface area (Å²) in [6.07, 6.45) is 7.10. The molecule has 3 nitrogen and oxygen atoms in total. The van der Waals surface area contributed by atoms with E-state index in [0.29, 0.717) is 12.5 Å². The van der Waals surface area contributed by atoms with E-state index in [1.165, 1.54) is 4.90 Å². The number of allylic oxidation sites excluding steroid dienone is 4. The Bertz CT molecular complexity index is 268. The van der Waals surface area contributed by atoms with Crippen LogP contribution in [0.3, 0.4) is 0 Å². The summed E-state index contributed by atoms with van der Waals surface area (Å²) < 4.78 is 0. The minimum atomic E-state index is -0.820. The summed E-state index contributed by atoms with van der Waals surface area (Å²) in [5.74, 6) is 0.450. The third kappa shape index (κ3) is 1.02. The Balaban J connectivity index is 2.25. The van der Waals surface area contributed by atoms with Crippen LogP contribution in [0.5, 0.6) is 0 Å². The Kier molecular flexibility index (Phi) is 1.64. The molecule has 1 N–H and O–H groups in total. The zero-order chi connectivity index (χ0) is 8.55. The second kappa shape index (κ2) is 2.66. The van der Waals surface area contributed by atoms with E-state index in [4.69, 9.17) is 5.11 Å². The molecule has 2 rings (SSSR count). The van der Waals surface area contributed by atoms with E-state index in [2.05, 4.69) is 6.08 Å². The van der Waals surface area contributed by atoms with Crippen LogP contribution in [0, 0.1) is 5.92 Å². The monoisotopic (exact) mass is 165 g/mol. The Hall–Kier alpha value is -1.25. The summed E-state index contributed by atoms with van der Waals surface area (Å²) in [5, 5.41) is 8.81. The van der Waals surface area contributed by atoms with Crippen LogP contribution in [0.1, 0.15) is 12.8 Å². The average molecular weight is 165 g/mol. The highest BCUT2D eigenvalue weighted by Gasteiger charge is 2.31. The van der Waals surface area contributed by atoms with Crippen molar-refractivity contribution in [2.24, 2.45) is 5.92 Å². The van der Waals surface area contributed by atoms with Crippen LogP contribution in [-0.2, 0) is 0 Å². The van der Waals surface area contributed by atoms with Gasteiger partial charge in [0.25, 0.3) is 0 Å². The molecule has 1 fully saturated rings. The number of carboxylic acid groups (broad SMARTS) is 1. The van der Waals surface area contributed by atoms with Crippen LogP contribution in [0.15, 0.2) is 23.9 Å². The molecule has 1 amide bonds. The Labute approximate surface area is 71.0 Å². The summed E-state index contributed by atoms with van der Waals surface area (Å²) in [6.45, 7) is 0.660. The minimum absolute atomic E-state index is 0.450. The Morgan fingerprint density at radius 1 is 1.67 bits per heavy atom. The van der Waals surface area contributed by atoms with Gasteiger partial charge in [0.15, 0.2) is 0 Å². The van der Waals surface area contributed by atoms with Gasteiger partial charge >= 0.3 is 6.09 Å². The van der Waals surface area contributed by atoms with Crippen molar-refractivity contribution in [1.29, 1.82) is 0 Å². The summed E-state index contributed by atoms with van der Waals surface area (Å²) in [7, 11) is 0. The molecule has 0 bridgehead atoms. The molecule has 1 unspecified atom stereocenters. The zero-order valence-electron chi connectivity index (χ0n) is 6.73. The fourth-order valence-electron chi connectivity index (χ4n) is 1.86. The van der Waals surface area contributed by atoms with Gasteiger partial charge in [-0.05, 0) is 18.9 Å². The fourth-order valence-corrected chi connectivity index (χ4v) is 1.86. The second-order valence-electron chi connectivity index (χ2n) is 3.18. The van der Waals surface area contributed by atoms with E-state index in [0.717, 1.165) is 18.5 Å². The maximum Gasteiger partial charge on any atom is 0.411 e. The van der Waals surface area contributed by atoms with Crippen LogP contribution >= 0.6 is 0 Å². The molecule has 3 heteroatoms. The van der Waals surface area contributed by atoms with Gasteiger partial charge in [0, 0.05) is 18.2 Å². The van der Waals surface area contributed by atoms with E-state index >= 15 is 0 Å². The van der Waals surface area contributed by atoms with Gasteiger partial charge in [0.1, 0.15) is 0 Å². The molecular weight excluding hydrogens is 154 g/mol. The van der Waals surface area contributed by atoms with Crippen molar-refractivity contribution in [3.63, 3.8) is 0 Å². The molecule has 1 saturated heterocycles. The number of likely N-dealkylation sites (tertiary alicyclic amines) is 1. The number of carbonyl (C=O) groups is 1. The first-order chi connectivity index (χ1) is 5.79. The SMILES string of the molecule is O=C(O)N1CCC2CC=CC=C21. The first-order valence-corrected chi connectivity index (χ1v) is 4.16. The maximum atomic E-state index is 10.7. The molecule has 12 heavy (non-hydrogen) atoms. The molecular formula is C9H11NO2. The van der Waals surface area contributed by atoms with Crippen LogP contribution in [0.25, 0.3) is 0 Å². The van der Waals surface area contributed by atoms with Crippen molar-refractivity contribution in [3.05, 3.63) is 23.9 Å². The first kappa shape index (κ1) is 7.40. The third-order valence-corrected chi connectivity index (χ3v) is 2.49. The summed E-state index contributed by atoms with van der Waals surface area (Å²) in [6, 6.07) is 0. The second-order valence-corrected chi connectivity index (χ2v) is 3.18. The van der Waals surface area contributed by atoms with Crippen LogP contribution in [-0.4, -0.2) is 22.6 Å². The molecule has 0 aromatic heterocycles. The van der Waals surface area contributed by atoms with Gasteiger partial charge in [-0.25, -0.2) is 4.79 Å². The topological polar surface area (TPSA) is 40.5 Å². The standard InChI is InChI=1S/C9H11NO2/c11-9(12)10-6-5-7-3-1-2-4-8(7)10/h1-2,4,7H,3,5-6H2,(H,11,12). The molecule has 2 aliphatic rings. The van der Waals surface area contributed by atoms with Gasteiger partial charge < -0.3 is 5.11 Å². The molecule has 1 aliphatic heterocycles. The minimum Gasteiger partial charge on any atom is -0.465 e. The normalized spacial score (nSPS) is 26.8. The van der Waals surface area contributed by atoms with E-state index in [-0.39, 0.29) is 0 Å². The quantitative estimate of drug-likeness (QED) is 0.594. The molecule has 0 radical (unpaired) electrons. The molecule has 1 heterocycles. The van der Waals surface area contributed by atoms with Crippen molar-refractivity contribution in [2.75, 3.05) is 6.54 Å². The van der Waals surface area contributed by atoms with Crippen molar-refractivity contribution in [2.45, 2.75) is 12.8 Å². The highest BCUT2D eigenvalue weighted by atomic mass is 16.4. The number of hydrogen-bond donors (Lipinski definition) is 1. The lowest BCUT2D eigenvalue weighted by molar-refractivity contribution is 0.163. The zero-order valence-corrected chi connectivity index (χ0v) is 6.73. The number of hydrogen-bond acceptors (Lipinski definition) is 1. The van der Waals surface area contributed by atoms with Crippen molar-refractivity contribution in [3.8, 4) is 0 Å². The third-order valence-electron chi connectivity index (χ3n) is 2.49. The number of fused-ring (bicyclic) bond motifs is 1. The van der Waals surface area contributed by atoms with Crippen LogP contribution in [0.4, 0.5) is 4.79 Å². The summed E-state index contributed by atoms with van der Waals surface area (Å²) >= 11 is 0. The largest absolute Gasteiger partial charge is 0.465 e. The maximum absolute atomic E-state index is 10.7. The molecule has 0 aromatic rings. The summed E-state index contributed by atoms with van der Waals surface area (Å²) in [5.41, 5.74) is 0.977. The highest BCUT2D eigenvalue weighted by Crippen LogP contribution is 2.33. The predicted molar refractivity (Wildman–Crippen MR) is 44.7 cm³/mol. The van der Waals surface area contributed by atoms with E-state index in [9.17, 15) is 4.79 Å². The summed E-state index contributed by atoms with van der Waals surface area (Å²) in [4.78, 5) is 12.2. The van der Waals surface area contributed by atoms with Gasteiger partial charge in [-0.3, -0.25) is 4.90 Å². The van der Waals surface area contributed by atoms with Crippen molar-refractivity contribution in [1.82, 2.24) is 4.90 Å². The molecule has 64 valence electrons. The van der Waals surface area contributed by atoms with Gasteiger partial charge in [0.2, 0.25) is 0 Å². The van der Waals surface area contributed by atoms with E-state index in [1.54, 1.807) is 0 Å². The average Bonchev–Trinajstić information content (AvgIpc) is 2.47. The Morgan fingerprint density at radius 2 is 2.50 bits per heavy atom. The predicted octanol–water partition coefficient (Wildman–Crippen LogP) is 1.83. The molecule has 0 saturated carbocycles. The number of rotatable bonds is 0. The molecule has 1 aliphatic carbocycles. The van der Waals surface area contributed by atoms with Crippen LogP contribution < -0.4 is 0 Å². The van der Waals surface area contributed by atoms with Crippen molar-refractivity contribution >= 4 is 6.09 Å².